The Balaban J connectivity index is 1.75. The summed E-state index contributed by atoms with van der Waals surface area (Å²) in [6.45, 7) is 3.18. The minimum Gasteiger partial charge on any atom is -0.489 e. The van der Waals surface area contributed by atoms with Gasteiger partial charge in [-0.1, -0.05) is 35.9 Å². The third kappa shape index (κ3) is 3.38. The second-order valence-corrected chi connectivity index (χ2v) is 6.71. The molecule has 6 nitrogen and oxygen atoms in total. The lowest BCUT2D eigenvalue weighted by atomic mass is 9.99. The van der Waals surface area contributed by atoms with E-state index in [1.165, 1.54) is 11.1 Å². The number of anilines is 1. The van der Waals surface area contributed by atoms with Gasteiger partial charge in [0.25, 0.3) is 0 Å². The average molecular weight is 363 g/mol. The number of aromatic amines is 1. The van der Waals surface area contributed by atoms with Gasteiger partial charge in [0.1, 0.15) is 12.2 Å². The van der Waals surface area contributed by atoms with Crippen LogP contribution in [-0.2, 0) is 6.42 Å². The van der Waals surface area contributed by atoms with Crippen LogP contribution in [0, 0.1) is 6.92 Å². The number of H-pyrrole nitrogens is 1. The number of hydrogen-bond acceptors (Lipinski definition) is 4. The SMILES string of the molecule is Cc1ccc(CC(c2cnc[nH]2)N2CCOc3c(C(=O)O)cccc32)cc1. The number of aromatic carboxylic acids is 1. The van der Waals surface area contributed by atoms with E-state index < -0.39 is 5.97 Å². The van der Waals surface area contributed by atoms with Crippen LogP contribution in [0.1, 0.15) is 33.2 Å². The van der Waals surface area contributed by atoms with Gasteiger partial charge in [0.2, 0.25) is 0 Å². The summed E-state index contributed by atoms with van der Waals surface area (Å²) < 4.78 is 5.73. The predicted octanol–water partition coefficient (Wildman–Crippen LogP) is 3.60. The summed E-state index contributed by atoms with van der Waals surface area (Å²) in [6, 6.07) is 13.7. The Hall–Kier alpha value is -3.28. The van der Waals surface area contributed by atoms with Gasteiger partial charge in [-0.2, -0.15) is 0 Å². The third-order valence-electron chi connectivity index (χ3n) is 4.92. The van der Waals surface area contributed by atoms with Gasteiger partial charge in [-0.05, 0) is 31.0 Å². The van der Waals surface area contributed by atoms with Crippen molar-refractivity contribution in [2.75, 3.05) is 18.1 Å². The first-order valence-corrected chi connectivity index (χ1v) is 8.93. The highest BCUT2D eigenvalue weighted by molar-refractivity contribution is 5.93. The first-order chi connectivity index (χ1) is 13.1. The molecule has 4 rings (SSSR count). The van der Waals surface area contributed by atoms with Crippen molar-refractivity contribution in [2.45, 2.75) is 19.4 Å². The molecule has 0 spiro atoms. The van der Waals surface area contributed by atoms with E-state index in [9.17, 15) is 9.90 Å². The van der Waals surface area contributed by atoms with Gasteiger partial charge >= 0.3 is 5.97 Å². The molecule has 0 amide bonds. The van der Waals surface area contributed by atoms with Crippen molar-refractivity contribution in [3.05, 3.63) is 77.4 Å². The number of ether oxygens (including phenoxy) is 1. The number of hydrogen-bond donors (Lipinski definition) is 2. The monoisotopic (exact) mass is 363 g/mol. The summed E-state index contributed by atoms with van der Waals surface area (Å²) in [7, 11) is 0. The highest BCUT2D eigenvalue weighted by Crippen LogP contribution is 2.40. The van der Waals surface area contributed by atoms with E-state index >= 15 is 0 Å². The zero-order valence-electron chi connectivity index (χ0n) is 15.1. The molecule has 1 aliphatic heterocycles. The normalized spacial score (nSPS) is 14.3. The molecule has 1 atom stereocenters. The van der Waals surface area contributed by atoms with Crippen LogP contribution < -0.4 is 9.64 Å². The summed E-state index contributed by atoms with van der Waals surface area (Å²) in [6.07, 6.45) is 4.28. The van der Waals surface area contributed by atoms with Gasteiger partial charge in [0.15, 0.2) is 5.75 Å². The number of para-hydroxylation sites is 1. The van der Waals surface area contributed by atoms with E-state index in [2.05, 4.69) is 46.1 Å². The number of nitrogens with zero attached hydrogens (tertiary/aromatic N) is 2. The van der Waals surface area contributed by atoms with Crippen molar-refractivity contribution in [3.8, 4) is 5.75 Å². The van der Waals surface area contributed by atoms with Gasteiger partial charge in [0, 0.05) is 0 Å². The minimum absolute atomic E-state index is 0.00176. The topological polar surface area (TPSA) is 78.5 Å². The van der Waals surface area contributed by atoms with Gasteiger partial charge in [-0.3, -0.25) is 0 Å². The molecule has 1 unspecified atom stereocenters. The van der Waals surface area contributed by atoms with Crippen LogP contribution in [0.2, 0.25) is 0 Å². The molecular formula is C21H21N3O3. The smallest absolute Gasteiger partial charge is 0.339 e. The number of benzene rings is 2. The van der Waals surface area contributed by atoms with Crippen molar-refractivity contribution in [1.29, 1.82) is 0 Å². The van der Waals surface area contributed by atoms with Crippen LogP contribution in [0.5, 0.6) is 5.75 Å². The molecule has 3 aromatic rings. The Bertz CT molecular complexity index is 936. The maximum Gasteiger partial charge on any atom is 0.339 e. The van der Waals surface area contributed by atoms with E-state index in [4.69, 9.17) is 4.74 Å². The largest absolute Gasteiger partial charge is 0.489 e. The standard InChI is InChI=1S/C21H21N3O3/c1-14-5-7-15(8-6-14)11-19(17-12-22-13-23-17)24-9-10-27-20-16(21(25)26)3-2-4-18(20)24/h2-8,12-13,19H,9-11H2,1H3,(H,22,23)(H,25,26). The maximum absolute atomic E-state index is 11.6. The highest BCUT2D eigenvalue weighted by Gasteiger charge is 2.30. The van der Waals surface area contributed by atoms with Crippen LogP contribution >= 0.6 is 0 Å². The molecule has 0 aliphatic carbocycles. The number of fused-ring (bicyclic) bond motifs is 1. The molecular weight excluding hydrogens is 342 g/mol. The molecule has 2 heterocycles. The molecule has 0 radical (unpaired) electrons. The van der Waals surface area contributed by atoms with Crippen LogP contribution in [-0.4, -0.2) is 34.2 Å². The molecule has 0 bridgehead atoms. The Kier molecular flexibility index (Phi) is 4.54. The van der Waals surface area contributed by atoms with Gasteiger partial charge in [-0.25, -0.2) is 9.78 Å². The van der Waals surface area contributed by atoms with Gasteiger partial charge < -0.3 is 19.7 Å². The van der Waals surface area contributed by atoms with Crippen LogP contribution in [0.15, 0.2) is 55.0 Å². The van der Waals surface area contributed by atoms with Crippen molar-refractivity contribution >= 4 is 11.7 Å². The molecule has 2 aromatic carbocycles. The fraction of sp³-hybridized carbons (Fsp3) is 0.238. The van der Waals surface area contributed by atoms with E-state index in [-0.39, 0.29) is 11.6 Å². The Labute approximate surface area is 157 Å². The lowest BCUT2D eigenvalue weighted by Crippen LogP contribution is -2.37. The van der Waals surface area contributed by atoms with Crippen molar-refractivity contribution in [1.82, 2.24) is 9.97 Å². The van der Waals surface area contributed by atoms with E-state index in [0.29, 0.717) is 18.9 Å². The summed E-state index contributed by atoms with van der Waals surface area (Å²) >= 11 is 0. The van der Waals surface area contributed by atoms with E-state index in [1.807, 2.05) is 12.3 Å². The summed E-state index contributed by atoms with van der Waals surface area (Å²) in [5.74, 6) is -0.546. The summed E-state index contributed by atoms with van der Waals surface area (Å²) in [5.41, 5.74) is 4.41. The predicted molar refractivity (Wildman–Crippen MR) is 102 cm³/mol. The van der Waals surface area contributed by atoms with Gasteiger partial charge in [0.05, 0.1) is 36.5 Å². The Morgan fingerprint density at radius 3 is 2.81 bits per heavy atom. The van der Waals surface area contributed by atoms with Crippen LogP contribution in [0.3, 0.4) is 0 Å². The number of aromatic nitrogens is 2. The quantitative estimate of drug-likeness (QED) is 0.724. The second kappa shape index (κ2) is 7.15. The van der Waals surface area contributed by atoms with Crippen LogP contribution in [0.4, 0.5) is 5.69 Å². The molecule has 2 N–H and O–H groups in total. The number of nitrogens with one attached hydrogen (secondary N) is 1. The summed E-state index contributed by atoms with van der Waals surface area (Å²) in [4.78, 5) is 21.2. The van der Waals surface area contributed by atoms with E-state index in [0.717, 1.165) is 17.8 Å². The molecule has 27 heavy (non-hydrogen) atoms. The third-order valence-corrected chi connectivity index (χ3v) is 4.92. The maximum atomic E-state index is 11.6. The molecule has 138 valence electrons. The lowest BCUT2D eigenvalue weighted by molar-refractivity contribution is 0.0692. The first kappa shape index (κ1) is 17.1. The number of imidazole rings is 1. The fourth-order valence-electron chi connectivity index (χ4n) is 3.55. The van der Waals surface area contributed by atoms with Crippen molar-refractivity contribution < 1.29 is 14.6 Å². The van der Waals surface area contributed by atoms with Crippen LogP contribution in [0.25, 0.3) is 0 Å². The Morgan fingerprint density at radius 1 is 1.30 bits per heavy atom. The number of rotatable bonds is 5. The first-order valence-electron chi connectivity index (χ1n) is 8.93. The zero-order chi connectivity index (χ0) is 18.8. The number of carboxylic acid groups (broad SMARTS) is 1. The molecule has 0 saturated carbocycles. The molecule has 1 aliphatic rings. The molecule has 0 fully saturated rings. The average Bonchev–Trinajstić information content (AvgIpc) is 3.21. The van der Waals surface area contributed by atoms with E-state index in [1.54, 1.807) is 18.5 Å². The molecule has 1 aromatic heterocycles. The number of carbonyl (C=O) groups is 1. The summed E-state index contributed by atoms with van der Waals surface area (Å²) in [5, 5.41) is 9.50. The lowest BCUT2D eigenvalue weighted by Gasteiger charge is -2.37. The Morgan fingerprint density at radius 2 is 2.11 bits per heavy atom. The minimum atomic E-state index is -0.981. The molecule has 6 heteroatoms. The molecule has 0 saturated heterocycles. The number of aryl methyl sites for hydroxylation is 1. The fourth-order valence-corrected chi connectivity index (χ4v) is 3.55. The van der Waals surface area contributed by atoms with Crippen molar-refractivity contribution in [3.63, 3.8) is 0 Å². The van der Waals surface area contributed by atoms with Gasteiger partial charge in [-0.15, -0.1) is 0 Å². The zero-order valence-corrected chi connectivity index (χ0v) is 15.1. The second-order valence-electron chi connectivity index (χ2n) is 6.71. The van der Waals surface area contributed by atoms with Crippen molar-refractivity contribution in [2.24, 2.45) is 0 Å². The number of carboxylic acids is 1. The highest BCUT2D eigenvalue weighted by atomic mass is 16.5.